The Morgan fingerprint density at radius 1 is 1.33 bits per heavy atom. The van der Waals surface area contributed by atoms with Crippen LogP contribution in [0.25, 0.3) is 0 Å². The Morgan fingerprint density at radius 3 is 2.40 bits per heavy atom. The van der Waals surface area contributed by atoms with E-state index < -0.39 is 13.1 Å². The van der Waals surface area contributed by atoms with Gasteiger partial charge in [-0.3, -0.25) is 0 Å². The van der Waals surface area contributed by atoms with Crippen molar-refractivity contribution in [2.75, 3.05) is 0 Å². The first-order valence-corrected chi connectivity index (χ1v) is 6.57. The van der Waals surface area contributed by atoms with Gasteiger partial charge in [0.25, 0.3) is 0 Å². The second-order valence-corrected chi connectivity index (χ2v) is 4.95. The number of hydrogen-bond donors (Lipinski definition) is 2. The topological polar surface area (TPSA) is 40.5 Å². The summed E-state index contributed by atoms with van der Waals surface area (Å²) in [5.41, 5.74) is 0.0415. The third kappa shape index (κ3) is 3.47. The molecule has 1 aromatic rings. The zero-order valence-electron chi connectivity index (χ0n) is 12.4. The van der Waals surface area contributed by atoms with Crippen LogP contribution in [0.5, 0.6) is 0 Å². The van der Waals surface area contributed by atoms with Crippen molar-refractivity contribution < 1.29 is 15.7 Å². The van der Waals surface area contributed by atoms with Crippen molar-refractivity contribution in [3.8, 4) is 0 Å². The average Bonchev–Trinajstić information content (AvgIpc) is 2.26. The first-order chi connectivity index (χ1) is 8.68. The summed E-state index contributed by atoms with van der Waals surface area (Å²) >= 11 is -0.273. The van der Waals surface area contributed by atoms with Gasteiger partial charge in [-0.25, -0.2) is 0 Å². The summed E-state index contributed by atoms with van der Waals surface area (Å²) in [6, 6.07) is 4.27. The fourth-order valence-corrected chi connectivity index (χ4v) is 3.18. The van der Waals surface area contributed by atoms with Crippen LogP contribution in [0.2, 0.25) is 5.32 Å². The Kier molecular flexibility index (Phi) is 3.46. The van der Waals surface area contributed by atoms with E-state index in [2.05, 4.69) is 0 Å². The molecule has 0 fully saturated rings. The fraction of sp³-hybridized carbons (Fsp3) is 0.333. The Morgan fingerprint density at radius 2 is 1.93 bits per heavy atom. The van der Waals surface area contributed by atoms with E-state index in [1.54, 1.807) is 0 Å². The number of aliphatic hydroxyl groups is 2. The van der Waals surface area contributed by atoms with Crippen LogP contribution >= 0.6 is 0 Å². The molecular formula is C12H16O2Se. The van der Waals surface area contributed by atoms with E-state index in [9.17, 15) is 10.2 Å². The van der Waals surface area contributed by atoms with Crippen LogP contribution in [-0.4, -0.2) is 25.2 Å². The molecule has 0 unspecified atom stereocenters. The van der Waals surface area contributed by atoms with E-state index in [1.165, 1.54) is 18.2 Å². The number of hydrogen-bond acceptors (Lipinski definition) is 2. The maximum atomic E-state index is 9.54. The molecule has 0 aliphatic carbocycles. The standard InChI is InChI=1S/C12H16O2Se/c1-2-3-7-15-12-10(8-13)5-4-6-11(12)9-14/h2-6,13-14H,7-9H2,1H3/b3-2+/i8D2,9D2. The van der Waals surface area contributed by atoms with Gasteiger partial charge >= 0.3 is 102 Å². The molecule has 15 heavy (non-hydrogen) atoms. The molecule has 0 heterocycles. The van der Waals surface area contributed by atoms with E-state index in [0.717, 1.165) is 0 Å². The summed E-state index contributed by atoms with van der Waals surface area (Å²) < 4.78 is 30.0. The summed E-state index contributed by atoms with van der Waals surface area (Å²) in [6.45, 7) is -3.23. The first kappa shape index (κ1) is 7.64. The molecule has 1 rings (SSSR count). The Balaban J connectivity index is 3.32. The van der Waals surface area contributed by atoms with E-state index in [4.69, 9.17) is 5.48 Å². The third-order valence-corrected chi connectivity index (χ3v) is 4.10. The quantitative estimate of drug-likeness (QED) is 0.621. The van der Waals surface area contributed by atoms with Crippen LogP contribution in [0.15, 0.2) is 30.4 Å². The van der Waals surface area contributed by atoms with E-state index in [-0.39, 0.29) is 26.1 Å². The molecule has 0 atom stereocenters. The van der Waals surface area contributed by atoms with Crippen LogP contribution in [0.1, 0.15) is 23.5 Å². The van der Waals surface area contributed by atoms with E-state index in [0.29, 0.717) is 9.78 Å². The first-order valence-electron chi connectivity index (χ1n) is 6.50. The molecule has 0 aliphatic heterocycles. The molecule has 1 aromatic carbocycles. The summed E-state index contributed by atoms with van der Waals surface area (Å²) in [4.78, 5) is 0. The minimum absolute atomic E-state index is 0.0208. The van der Waals surface area contributed by atoms with Crippen LogP contribution in [-0.2, 0) is 13.1 Å². The van der Waals surface area contributed by atoms with E-state index in [1.807, 2.05) is 19.1 Å². The minimum atomic E-state index is -2.55. The second kappa shape index (κ2) is 6.80. The van der Waals surface area contributed by atoms with Crippen LogP contribution < -0.4 is 4.46 Å². The van der Waals surface area contributed by atoms with Crippen molar-refractivity contribution in [3.63, 3.8) is 0 Å². The molecule has 2 N–H and O–H groups in total. The summed E-state index contributed by atoms with van der Waals surface area (Å²) in [5, 5.41) is 19.7. The zero-order chi connectivity index (χ0) is 14.7. The molecule has 0 aliphatic rings. The molecule has 0 spiro atoms. The molecule has 82 valence electrons. The van der Waals surface area contributed by atoms with Gasteiger partial charge in [0.1, 0.15) is 0 Å². The van der Waals surface area contributed by atoms with Gasteiger partial charge in [-0.05, 0) is 0 Å². The van der Waals surface area contributed by atoms with Crippen molar-refractivity contribution in [2.24, 2.45) is 0 Å². The van der Waals surface area contributed by atoms with Crippen LogP contribution in [0.4, 0.5) is 0 Å². The molecule has 2 nitrogen and oxygen atoms in total. The van der Waals surface area contributed by atoms with Gasteiger partial charge in [0.2, 0.25) is 0 Å². The molecular weight excluding hydrogens is 255 g/mol. The van der Waals surface area contributed by atoms with Gasteiger partial charge < -0.3 is 0 Å². The van der Waals surface area contributed by atoms with Gasteiger partial charge in [-0.15, -0.1) is 0 Å². The van der Waals surface area contributed by atoms with Crippen molar-refractivity contribution in [3.05, 3.63) is 41.5 Å². The summed E-state index contributed by atoms with van der Waals surface area (Å²) in [6.07, 6.45) is 3.74. The van der Waals surface area contributed by atoms with Gasteiger partial charge in [0, 0.05) is 0 Å². The number of allylic oxidation sites excluding steroid dienone is 2. The van der Waals surface area contributed by atoms with Crippen molar-refractivity contribution in [1.82, 2.24) is 0 Å². The van der Waals surface area contributed by atoms with Crippen molar-refractivity contribution >= 4 is 19.4 Å². The zero-order valence-corrected chi connectivity index (χ0v) is 10.1. The van der Waals surface area contributed by atoms with Crippen LogP contribution in [0.3, 0.4) is 0 Å². The Hall–Kier alpha value is -0.601. The van der Waals surface area contributed by atoms with Crippen molar-refractivity contribution in [2.45, 2.75) is 25.4 Å². The molecule has 0 bridgehead atoms. The predicted octanol–water partition coefficient (Wildman–Crippen LogP) is 0.995. The van der Waals surface area contributed by atoms with Crippen LogP contribution in [0, 0.1) is 0 Å². The molecule has 0 radical (unpaired) electrons. The number of benzene rings is 1. The fourth-order valence-electron chi connectivity index (χ4n) is 1.10. The predicted molar refractivity (Wildman–Crippen MR) is 63.3 cm³/mol. The maximum absolute atomic E-state index is 9.54. The molecule has 0 saturated carbocycles. The van der Waals surface area contributed by atoms with E-state index >= 15 is 0 Å². The normalized spacial score (nSPS) is 17.0. The third-order valence-electron chi connectivity index (χ3n) is 1.82. The number of rotatable bonds is 5. The van der Waals surface area contributed by atoms with Gasteiger partial charge in [-0.1, -0.05) is 0 Å². The molecule has 0 saturated heterocycles. The Labute approximate surface area is 102 Å². The monoisotopic (exact) mass is 276 g/mol. The SMILES string of the molecule is [2H]C([2H])(O)c1cccc(C([2H])([2H])O)c1[Se]C/C=C/C. The van der Waals surface area contributed by atoms with Gasteiger partial charge in [0.15, 0.2) is 0 Å². The second-order valence-electron chi connectivity index (χ2n) is 2.79. The molecule has 0 aromatic heterocycles. The molecule has 3 heteroatoms. The molecule has 0 amide bonds. The van der Waals surface area contributed by atoms with Crippen molar-refractivity contribution in [1.29, 1.82) is 0 Å². The average molecular weight is 275 g/mol. The summed E-state index contributed by atoms with van der Waals surface area (Å²) in [5.74, 6) is 0. The van der Waals surface area contributed by atoms with Gasteiger partial charge in [-0.2, -0.15) is 0 Å². The summed E-state index contributed by atoms with van der Waals surface area (Å²) in [7, 11) is 0. The van der Waals surface area contributed by atoms with Gasteiger partial charge in [0.05, 0.1) is 0 Å². The Bertz CT molecular complexity index is 432.